The highest BCUT2D eigenvalue weighted by Gasteiger charge is 2.19. The number of primary amides is 1. The summed E-state index contributed by atoms with van der Waals surface area (Å²) in [5.74, 6) is 0.974. The van der Waals surface area contributed by atoms with Crippen LogP contribution in [0.15, 0.2) is 4.42 Å². The minimum atomic E-state index is -0.527. The molecule has 1 heterocycles. The van der Waals surface area contributed by atoms with Gasteiger partial charge in [0.15, 0.2) is 5.75 Å². The van der Waals surface area contributed by atoms with Crippen LogP contribution in [0.25, 0.3) is 0 Å². The maximum absolute atomic E-state index is 10.9. The summed E-state index contributed by atoms with van der Waals surface area (Å²) in [6, 6.07) is 0. The van der Waals surface area contributed by atoms with Crippen LogP contribution in [0, 0.1) is 13.8 Å². The summed E-state index contributed by atoms with van der Waals surface area (Å²) in [6.45, 7) is 3.40. The lowest BCUT2D eigenvalue weighted by atomic mass is 10.2. The molecule has 0 saturated carbocycles. The number of carbonyl (C=O) groups excluding carboxylic acids is 1. The van der Waals surface area contributed by atoms with E-state index in [1.54, 1.807) is 13.8 Å². The van der Waals surface area contributed by atoms with Crippen LogP contribution >= 0.6 is 0 Å². The van der Waals surface area contributed by atoms with Gasteiger partial charge in [-0.05, 0) is 13.8 Å². The predicted octanol–water partition coefficient (Wildman–Crippen LogP) is 1.00. The van der Waals surface area contributed by atoms with E-state index in [-0.39, 0.29) is 0 Å². The molecule has 0 aliphatic heterocycles. The van der Waals surface area contributed by atoms with E-state index in [1.165, 1.54) is 7.11 Å². The number of amides is 1. The van der Waals surface area contributed by atoms with Crippen molar-refractivity contribution in [2.45, 2.75) is 13.8 Å². The molecule has 2 N–H and O–H groups in total. The molecule has 0 aromatic carbocycles. The van der Waals surface area contributed by atoms with Gasteiger partial charge in [-0.3, -0.25) is 4.79 Å². The van der Waals surface area contributed by atoms with Gasteiger partial charge in [-0.1, -0.05) is 0 Å². The van der Waals surface area contributed by atoms with Gasteiger partial charge in [0.1, 0.15) is 17.1 Å². The third kappa shape index (κ3) is 1.15. The summed E-state index contributed by atoms with van der Waals surface area (Å²) in [4.78, 5) is 10.9. The summed E-state index contributed by atoms with van der Waals surface area (Å²) in [5.41, 5.74) is 5.45. The Balaban J connectivity index is 3.32. The van der Waals surface area contributed by atoms with Crippen LogP contribution in [0.4, 0.5) is 0 Å². The monoisotopic (exact) mass is 169 g/mol. The number of carbonyl (C=O) groups is 1. The van der Waals surface area contributed by atoms with Crippen LogP contribution in [-0.2, 0) is 0 Å². The highest BCUT2D eigenvalue weighted by molar-refractivity contribution is 5.97. The van der Waals surface area contributed by atoms with Gasteiger partial charge in [0.25, 0.3) is 5.91 Å². The first-order valence-corrected chi connectivity index (χ1v) is 3.51. The average molecular weight is 169 g/mol. The Morgan fingerprint density at radius 2 is 2.00 bits per heavy atom. The Morgan fingerprint density at radius 3 is 2.33 bits per heavy atom. The molecule has 0 spiro atoms. The molecule has 0 saturated heterocycles. The van der Waals surface area contributed by atoms with E-state index in [9.17, 15) is 4.79 Å². The Bertz CT molecular complexity index is 314. The minimum absolute atomic E-state index is 0.329. The molecule has 1 aromatic rings. The van der Waals surface area contributed by atoms with Crippen molar-refractivity contribution in [2.75, 3.05) is 7.11 Å². The van der Waals surface area contributed by atoms with Crippen molar-refractivity contribution in [1.29, 1.82) is 0 Å². The maximum Gasteiger partial charge on any atom is 0.256 e. The summed E-state index contributed by atoms with van der Waals surface area (Å²) in [6.07, 6.45) is 0. The maximum atomic E-state index is 10.9. The lowest BCUT2D eigenvalue weighted by Crippen LogP contribution is -2.12. The molecule has 1 aromatic heterocycles. The highest BCUT2D eigenvalue weighted by atomic mass is 16.5. The van der Waals surface area contributed by atoms with E-state index >= 15 is 0 Å². The molecule has 1 rings (SSSR count). The van der Waals surface area contributed by atoms with Crippen LogP contribution < -0.4 is 10.5 Å². The van der Waals surface area contributed by atoms with Gasteiger partial charge in [0.2, 0.25) is 0 Å². The zero-order valence-electron chi connectivity index (χ0n) is 7.30. The van der Waals surface area contributed by atoms with Crippen molar-refractivity contribution in [3.05, 3.63) is 17.1 Å². The van der Waals surface area contributed by atoms with Crippen molar-refractivity contribution >= 4 is 5.91 Å². The number of nitrogens with two attached hydrogens (primary N) is 1. The average Bonchev–Trinajstić information content (AvgIpc) is 2.24. The standard InChI is InChI=1S/C8H11NO3/c1-4-6(8(9)10)7(11-3)5(2)12-4/h1-3H3,(H2,9,10). The molecule has 0 aliphatic carbocycles. The number of methoxy groups -OCH3 is 1. The zero-order chi connectivity index (χ0) is 9.30. The van der Waals surface area contributed by atoms with Crippen LogP contribution in [0.1, 0.15) is 21.9 Å². The van der Waals surface area contributed by atoms with Crippen LogP contribution in [0.2, 0.25) is 0 Å². The number of hydrogen-bond donors (Lipinski definition) is 1. The Kier molecular flexibility index (Phi) is 2.08. The van der Waals surface area contributed by atoms with Crippen molar-refractivity contribution in [3.8, 4) is 5.75 Å². The number of aryl methyl sites for hydroxylation is 2. The quantitative estimate of drug-likeness (QED) is 0.718. The van der Waals surface area contributed by atoms with Gasteiger partial charge in [-0.25, -0.2) is 0 Å². The lowest BCUT2D eigenvalue weighted by molar-refractivity contribution is 0.0996. The zero-order valence-corrected chi connectivity index (χ0v) is 7.30. The normalized spacial score (nSPS) is 9.92. The van der Waals surface area contributed by atoms with Gasteiger partial charge in [-0.15, -0.1) is 0 Å². The molecule has 0 fully saturated rings. The second kappa shape index (κ2) is 2.89. The molecule has 0 atom stereocenters. The Labute approximate surface area is 70.3 Å². The molecule has 4 heteroatoms. The molecule has 0 bridgehead atoms. The van der Waals surface area contributed by atoms with Crippen LogP contribution in [0.5, 0.6) is 5.75 Å². The minimum Gasteiger partial charge on any atom is -0.492 e. The molecule has 4 nitrogen and oxygen atoms in total. The molecule has 1 amide bonds. The fourth-order valence-electron chi connectivity index (χ4n) is 1.19. The van der Waals surface area contributed by atoms with Gasteiger partial charge < -0.3 is 14.9 Å². The predicted molar refractivity (Wildman–Crippen MR) is 43.3 cm³/mol. The van der Waals surface area contributed by atoms with Crippen molar-refractivity contribution in [2.24, 2.45) is 5.73 Å². The number of hydrogen-bond acceptors (Lipinski definition) is 3. The summed E-state index contributed by atoms with van der Waals surface area (Å²) in [5, 5.41) is 0. The Morgan fingerprint density at radius 1 is 1.42 bits per heavy atom. The molecule has 0 aliphatic rings. The molecular formula is C8H11NO3. The number of ether oxygens (including phenoxy) is 1. The third-order valence-electron chi connectivity index (χ3n) is 1.66. The molecule has 66 valence electrons. The van der Waals surface area contributed by atoms with Gasteiger partial charge in [-0.2, -0.15) is 0 Å². The second-order valence-electron chi connectivity index (χ2n) is 2.49. The summed E-state index contributed by atoms with van der Waals surface area (Å²) < 4.78 is 10.1. The molecule has 12 heavy (non-hydrogen) atoms. The molecular weight excluding hydrogens is 158 g/mol. The van der Waals surface area contributed by atoms with E-state index in [1.807, 2.05) is 0 Å². The van der Waals surface area contributed by atoms with Gasteiger partial charge >= 0.3 is 0 Å². The lowest BCUT2D eigenvalue weighted by Gasteiger charge is -1.97. The first-order chi connectivity index (χ1) is 5.57. The van der Waals surface area contributed by atoms with Crippen LogP contribution in [0.3, 0.4) is 0 Å². The summed E-state index contributed by atoms with van der Waals surface area (Å²) >= 11 is 0. The fourth-order valence-corrected chi connectivity index (χ4v) is 1.19. The molecule has 0 radical (unpaired) electrons. The number of rotatable bonds is 2. The second-order valence-corrected chi connectivity index (χ2v) is 2.49. The smallest absolute Gasteiger partial charge is 0.256 e. The van der Waals surface area contributed by atoms with E-state index < -0.39 is 5.91 Å². The van der Waals surface area contributed by atoms with Crippen LogP contribution in [-0.4, -0.2) is 13.0 Å². The van der Waals surface area contributed by atoms with Crippen molar-refractivity contribution in [3.63, 3.8) is 0 Å². The molecule has 0 unspecified atom stereocenters. The largest absolute Gasteiger partial charge is 0.492 e. The van der Waals surface area contributed by atoms with Crippen molar-refractivity contribution < 1.29 is 13.9 Å². The van der Waals surface area contributed by atoms with E-state index in [4.69, 9.17) is 14.9 Å². The number of furan rings is 1. The fraction of sp³-hybridized carbons (Fsp3) is 0.375. The van der Waals surface area contributed by atoms with Gasteiger partial charge in [0.05, 0.1) is 7.11 Å². The van der Waals surface area contributed by atoms with E-state index in [0.717, 1.165) is 0 Å². The van der Waals surface area contributed by atoms with Crippen molar-refractivity contribution in [1.82, 2.24) is 0 Å². The van der Waals surface area contributed by atoms with E-state index in [0.29, 0.717) is 22.8 Å². The first kappa shape index (κ1) is 8.64. The topological polar surface area (TPSA) is 65.5 Å². The summed E-state index contributed by atoms with van der Waals surface area (Å²) in [7, 11) is 1.48. The Hall–Kier alpha value is -1.45. The van der Waals surface area contributed by atoms with Gasteiger partial charge in [0, 0.05) is 0 Å². The SMILES string of the molecule is COc1c(C)oc(C)c1C(N)=O. The first-order valence-electron chi connectivity index (χ1n) is 3.51. The third-order valence-corrected chi connectivity index (χ3v) is 1.66. The van der Waals surface area contributed by atoms with E-state index in [2.05, 4.69) is 0 Å². The highest BCUT2D eigenvalue weighted by Crippen LogP contribution is 2.28.